The number of rotatable bonds is 4. The minimum absolute atomic E-state index is 0.331. The molecule has 104 valence electrons. The van der Waals surface area contributed by atoms with E-state index >= 15 is 0 Å². The number of aliphatic hydroxyl groups is 1. The Morgan fingerprint density at radius 1 is 1.20 bits per heavy atom. The largest absolute Gasteiger partial charge is 0.480 e. The molecular weight excluding hydrogens is 274 g/mol. The lowest BCUT2D eigenvalue weighted by Gasteiger charge is -2.12. The first-order valence-electron chi connectivity index (χ1n) is 6.67. The molecule has 1 N–H and O–H groups in total. The highest BCUT2D eigenvalue weighted by atomic mass is 35.5. The molecule has 0 saturated heterocycles. The van der Waals surface area contributed by atoms with Crippen LogP contribution in [0, 0.1) is 0 Å². The molecule has 4 heteroatoms. The zero-order valence-electron chi connectivity index (χ0n) is 11.2. The van der Waals surface area contributed by atoms with Gasteiger partial charge in [0.2, 0.25) is 5.88 Å². The molecule has 3 rings (SSSR count). The minimum atomic E-state index is -0.769. The summed E-state index contributed by atoms with van der Waals surface area (Å²) in [6.45, 7) is 0. The fraction of sp³-hybridized carbons (Fsp3) is 0.312. The van der Waals surface area contributed by atoms with Gasteiger partial charge in [-0.15, -0.1) is 0 Å². The third-order valence-electron chi connectivity index (χ3n) is 3.61. The van der Waals surface area contributed by atoms with Crippen molar-refractivity contribution < 1.29 is 9.84 Å². The second-order valence-electron chi connectivity index (χ2n) is 5.07. The number of benzene rings is 1. The van der Waals surface area contributed by atoms with Crippen LogP contribution in [0.1, 0.15) is 41.7 Å². The Balaban J connectivity index is 1.85. The van der Waals surface area contributed by atoms with Gasteiger partial charge in [0.15, 0.2) is 0 Å². The summed E-state index contributed by atoms with van der Waals surface area (Å²) in [7, 11) is 1.51. The molecule has 1 aliphatic carbocycles. The summed E-state index contributed by atoms with van der Waals surface area (Å²) in [5, 5.41) is 10.8. The van der Waals surface area contributed by atoms with E-state index in [1.54, 1.807) is 12.1 Å². The van der Waals surface area contributed by atoms with Crippen LogP contribution in [0.5, 0.6) is 5.88 Å². The monoisotopic (exact) mass is 289 g/mol. The number of aliphatic hydroxyl groups excluding tert-OH is 1. The standard InChI is InChI=1S/C16H16ClNO2/c1-20-16-13(17)8-9-14(18-16)15(19)12-6-4-11(5-7-12)10-2-3-10/h4-10,15,19H,2-3H2,1H3. The van der Waals surface area contributed by atoms with Crippen molar-refractivity contribution in [3.8, 4) is 5.88 Å². The highest BCUT2D eigenvalue weighted by molar-refractivity contribution is 6.31. The highest BCUT2D eigenvalue weighted by Gasteiger charge is 2.23. The van der Waals surface area contributed by atoms with Crippen LogP contribution in [0.25, 0.3) is 0 Å². The predicted octanol–water partition coefficient (Wildman–Crippen LogP) is 3.70. The topological polar surface area (TPSA) is 42.4 Å². The molecule has 1 aromatic heterocycles. The van der Waals surface area contributed by atoms with Crippen LogP contribution in [0.2, 0.25) is 5.02 Å². The van der Waals surface area contributed by atoms with Gasteiger partial charge in [-0.2, -0.15) is 0 Å². The Morgan fingerprint density at radius 2 is 1.90 bits per heavy atom. The SMILES string of the molecule is COc1nc(C(O)c2ccc(C3CC3)cc2)ccc1Cl. The van der Waals surface area contributed by atoms with Crippen molar-refractivity contribution in [3.63, 3.8) is 0 Å². The molecule has 1 fully saturated rings. The Labute approximate surface area is 123 Å². The summed E-state index contributed by atoms with van der Waals surface area (Å²) in [5.41, 5.74) is 2.71. The predicted molar refractivity (Wildman–Crippen MR) is 78.3 cm³/mol. The molecule has 0 bridgehead atoms. The van der Waals surface area contributed by atoms with Gasteiger partial charge in [-0.25, -0.2) is 4.98 Å². The number of halogens is 1. The highest BCUT2D eigenvalue weighted by Crippen LogP contribution is 2.40. The van der Waals surface area contributed by atoms with Crippen LogP contribution >= 0.6 is 11.6 Å². The van der Waals surface area contributed by atoms with Gasteiger partial charge in [0.05, 0.1) is 12.8 Å². The number of methoxy groups -OCH3 is 1. The van der Waals surface area contributed by atoms with E-state index in [4.69, 9.17) is 16.3 Å². The van der Waals surface area contributed by atoms with Crippen LogP contribution in [-0.4, -0.2) is 17.2 Å². The number of pyridine rings is 1. The Morgan fingerprint density at radius 3 is 2.50 bits per heavy atom. The molecule has 1 atom stereocenters. The van der Waals surface area contributed by atoms with Gasteiger partial charge in [0, 0.05) is 0 Å². The van der Waals surface area contributed by atoms with E-state index < -0.39 is 6.10 Å². The molecule has 1 heterocycles. The van der Waals surface area contributed by atoms with E-state index in [9.17, 15) is 5.11 Å². The lowest BCUT2D eigenvalue weighted by Crippen LogP contribution is -2.03. The summed E-state index contributed by atoms with van der Waals surface area (Å²) >= 11 is 5.94. The van der Waals surface area contributed by atoms with Crippen molar-refractivity contribution in [1.82, 2.24) is 4.98 Å². The summed E-state index contributed by atoms with van der Waals surface area (Å²) in [6, 6.07) is 11.5. The first kappa shape index (κ1) is 13.4. The Bertz CT molecular complexity index is 608. The van der Waals surface area contributed by atoms with E-state index in [2.05, 4.69) is 17.1 Å². The number of aromatic nitrogens is 1. The number of ether oxygens (including phenoxy) is 1. The molecule has 0 spiro atoms. The Kier molecular flexibility index (Phi) is 3.64. The summed E-state index contributed by atoms with van der Waals surface area (Å²) in [6.07, 6.45) is 1.78. The molecule has 1 saturated carbocycles. The third-order valence-corrected chi connectivity index (χ3v) is 3.90. The molecule has 3 nitrogen and oxygen atoms in total. The maximum atomic E-state index is 10.4. The van der Waals surface area contributed by atoms with Crippen molar-refractivity contribution >= 4 is 11.6 Å². The van der Waals surface area contributed by atoms with E-state index in [1.165, 1.54) is 25.5 Å². The van der Waals surface area contributed by atoms with Crippen molar-refractivity contribution in [3.05, 3.63) is 58.2 Å². The molecular formula is C16H16ClNO2. The maximum absolute atomic E-state index is 10.4. The zero-order chi connectivity index (χ0) is 14.1. The first-order chi connectivity index (χ1) is 9.69. The van der Waals surface area contributed by atoms with E-state index in [0.717, 1.165) is 11.5 Å². The van der Waals surface area contributed by atoms with Crippen LogP contribution < -0.4 is 4.74 Å². The van der Waals surface area contributed by atoms with Gasteiger partial charge in [-0.1, -0.05) is 35.9 Å². The molecule has 0 amide bonds. The minimum Gasteiger partial charge on any atom is -0.480 e. The third kappa shape index (κ3) is 2.65. The number of hydrogen-bond acceptors (Lipinski definition) is 3. The molecule has 1 unspecified atom stereocenters. The number of hydrogen-bond donors (Lipinski definition) is 1. The molecule has 0 radical (unpaired) electrons. The average molecular weight is 290 g/mol. The van der Waals surface area contributed by atoms with Gasteiger partial charge in [0.25, 0.3) is 0 Å². The average Bonchev–Trinajstić information content (AvgIpc) is 3.32. The molecule has 20 heavy (non-hydrogen) atoms. The first-order valence-corrected chi connectivity index (χ1v) is 7.05. The van der Waals surface area contributed by atoms with Gasteiger partial charge >= 0.3 is 0 Å². The summed E-state index contributed by atoms with van der Waals surface area (Å²) < 4.78 is 5.08. The van der Waals surface area contributed by atoms with Crippen molar-refractivity contribution in [2.24, 2.45) is 0 Å². The quantitative estimate of drug-likeness (QED) is 0.933. The van der Waals surface area contributed by atoms with Crippen molar-refractivity contribution in [1.29, 1.82) is 0 Å². The summed E-state index contributed by atoms with van der Waals surface area (Å²) in [5.74, 6) is 1.05. The molecule has 1 aliphatic rings. The maximum Gasteiger partial charge on any atom is 0.232 e. The lowest BCUT2D eigenvalue weighted by atomic mass is 10.0. The normalized spacial score (nSPS) is 15.9. The fourth-order valence-corrected chi connectivity index (χ4v) is 2.45. The lowest BCUT2D eigenvalue weighted by molar-refractivity contribution is 0.214. The summed E-state index contributed by atoms with van der Waals surface area (Å²) in [4.78, 5) is 4.23. The van der Waals surface area contributed by atoms with Crippen LogP contribution in [-0.2, 0) is 0 Å². The fourth-order valence-electron chi connectivity index (χ4n) is 2.27. The van der Waals surface area contributed by atoms with Gasteiger partial charge in [-0.3, -0.25) is 0 Å². The van der Waals surface area contributed by atoms with E-state index in [-0.39, 0.29) is 0 Å². The zero-order valence-corrected chi connectivity index (χ0v) is 12.0. The van der Waals surface area contributed by atoms with Crippen LogP contribution in [0.15, 0.2) is 36.4 Å². The van der Waals surface area contributed by atoms with Crippen molar-refractivity contribution in [2.45, 2.75) is 24.9 Å². The van der Waals surface area contributed by atoms with Crippen molar-refractivity contribution in [2.75, 3.05) is 7.11 Å². The second-order valence-corrected chi connectivity index (χ2v) is 5.48. The Hall–Kier alpha value is -1.58. The van der Waals surface area contributed by atoms with E-state index in [1.807, 2.05) is 12.1 Å². The molecule has 1 aromatic carbocycles. The van der Waals surface area contributed by atoms with Gasteiger partial charge in [0.1, 0.15) is 11.1 Å². The van der Waals surface area contributed by atoms with E-state index in [0.29, 0.717) is 16.6 Å². The molecule has 0 aliphatic heterocycles. The smallest absolute Gasteiger partial charge is 0.232 e. The van der Waals surface area contributed by atoms with Gasteiger partial charge in [-0.05, 0) is 42.0 Å². The van der Waals surface area contributed by atoms with Crippen LogP contribution in [0.4, 0.5) is 0 Å². The van der Waals surface area contributed by atoms with Gasteiger partial charge < -0.3 is 9.84 Å². The molecule has 2 aromatic rings. The number of nitrogens with zero attached hydrogens (tertiary/aromatic N) is 1. The second kappa shape index (κ2) is 5.43. The van der Waals surface area contributed by atoms with Crippen LogP contribution in [0.3, 0.4) is 0 Å².